The van der Waals surface area contributed by atoms with Crippen molar-refractivity contribution in [3.05, 3.63) is 57.9 Å². The summed E-state index contributed by atoms with van der Waals surface area (Å²) in [4.78, 5) is 26.4. The van der Waals surface area contributed by atoms with Crippen LogP contribution in [0, 0.1) is 17.0 Å². The van der Waals surface area contributed by atoms with Crippen molar-refractivity contribution >= 4 is 23.0 Å². The van der Waals surface area contributed by atoms with Crippen molar-refractivity contribution in [2.24, 2.45) is 5.84 Å². The van der Waals surface area contributed by atoms with Crippen LogP contribution < -0.4 is 16.6 Å². The number of rotatable bonds is 4. The molecular formula is C13H13N5O3. The number of anilines is 2. The van der Waals surface area contributed by atoms with Gasteiger partial charge >= 0.3 is 0 Å². The predicted octanol–water partition coefficient (Wildman–Crippen LogP) is 1.84. The number of nitro groups is 1. The Morgan fingerprint density at radius 2 is 2.14 bits per heavy atom. The molecule has 0 saturated heterocycles. The summed E-state index contributed by atoms with van der Waals surface area (Å²) in [5.74, 6) is 4.87. The number of nitrogens with one attached hydrogen (secondary N) is 2. The maximum Gasteiger partial charge on any atom is 0.274 e. The van der Waals surface area contributed by atoms with Crippen LogP contribution in [0.15, 0.2) is 36.7 Å². The third-order valence-corrected chi connectivity index (χ3v) is 2.88. The summed E-state index contributed by atoms with van der Waals surface area (Å²) in [6.45, 7) is 1.63. The highest BCUT2D eigenvalue weighted by Crippen LogP contribution is 2.23. The number of nitrogen functional groups attached to an aromatic ring is 1. The summed E-state index contributed by atoms with van der Waals surface area (Å²) in [5.41, 5.74) is 3.81. The molecule has 0 aliphatic heterocycles. The smallest absolute Gasteiger partial charge is 0.274 e. The third kappa shape index (κ3) is 3.12. The van der Waals surface area contributed by atoms with Crippen LogP contribution in [0.2, 0.25) is 0 Å². The number of aryl methyl sites for hydroxylation is 1. The number of hydrazine groups is 1. The number of carbonyl (C=O) groups is 1. The van der Waals surface area contributed by atoms with E-state index in [4.69, 9.17) is 5.84 Å². The van der Waals surface area contributed by atoms with Crippen LogP contribution >= 0.6 is 0 Å². The number of aromatic nitrogens is 1. The van der Waals surface area contributed by atoms with Crippen LogP contribution in [0.4, 0.5) is 17.1 Å². The highest BCUT2D eigenvalue weighted by atomic mass is 16.6. The lowest BCUT2D eigenvalue weighted by molar-refractivity contribution is -0.385. The molecule has 1 aromatic heterocycles. The van der Waals surface area contributed by atoms with Crippen molar-refractivity contribution in [3.8, 4) is 0 Å². The van der Waals surface area contributed by atoms with Gasteiger partial charge in [0, 0.05) is 23.5 Å². The van der Waals surface area contributed by atoms with E-state index in [1.165, 1.54) is 24.5 Å². The Morgan fingerprint density at radius 1 is 1.38 bits per heavy atom. The van der Waals surface area contributed by atoms with E-state index in [2.05, 4.69) is 15.7 Å². The minimum atomic E-state index is -0.496. The van der Waals surface area contributed by atoms with Crippen molar-refractivity contribution < 1.29 is 9.72 Å². The zero-order chi connectivity index (χ0) is 15.4. The minimum Gasteiger partial charge on any atom is -0.322 e. The Balaban J connectivity index is 2.28. The maximum absolute atomic E-state index is 12.2. The summed E-state index contributed by atoms with van der Waals surface area (Å²) in [6, 6.07) is 5.97. The fourth-order valence-electron chi connectivity index (χ4n) is 1.79. The van der Waals surface area contributed by atoms with Crippen molar-refractivity contribution in [2.45, 2.75) is 6.92 Å². The lowest BCUT2D eigenvalue weighted by atomic mass is 10.1. The number of hydrogen-bond donors (Lipinski definition) is 3. The Morgan fingerprint density at radius 3 is 2.81 bits per heavy atom. The average Bonchev–Trinajstić information content (AvgIpc) is 2.48. The molecule has 1 amide bonds. The lowest BCUT2D eigenvalue weighted by Gasteiger charge is -2.09. The molecule has 8 heteroatoms. The molecule has 1 aromatic carbocycles. The van der Waals surface area contributed by atoms with E-state index < -0.39 is 10.8 Å². The molecule has 2 aromatic rings. The molecule has 0 fully saturated rings. The minimum absolute atomic E-state index is 0.0558. The Kier molecular flexibility index (Phi) is 4.10. The standard InChI is InChI=1S/C13H13N5O3/c1-8-2-3-9(6-12(8)18(20)21)16-13(19)10-4-5-15-7-11(10)17-14/h2-7,17H,14H2,1H3,(H,16,19). The van der Waals surface area contributed by atoms with E-state index in [1.54, 1.807) is 19.1 Å². The van der Waals surface area contributed by atoms with E-state index in [9.17, 15) is 14.9 Å². The average molecular weight is 287 g/mol. The summed E-state index contributed by atoms with van der Waals surface area (Å²) in [7, 11) is 0. The highest BCUT2D eigenvalue weighted by molar-refractivity contribution is 6.07. The zero-order valence-electron chi connectivity index (χ0n) is 11.2. The fourth-order valence-corrected chi connectivity index (χ4v) is 1.79. The second-order valence-corrected chi connectivity index (χ2v) is 4.28. The number of amides is 1. The van der Waals surface area contributed by atoms with Gasteiger partial charge in [0.2, 0.25) is 0 Å². The molecule has 21 heavy (non-hydrogen) atoms. The van der Waals surface area contributed by atoms with Crippen molar-refractivity contribution in [1.82, 2.24) is 4.98 Å². The monoisotopic (exact) mass is 287 g/mol. The second kappa shape index (κ2) is 5.97. The van der Waals surface area contributed by atoms with Gasteiger partial charge in [-0.15, -0.1) is 0 Å². The third-order valence-electron chi connectivity index (χ3n) is 2.88. The first kappa shape index (κ1) is 14.4. The number of nitro benzene ring substituents is 1. The Labute approximate surface area is 120 Å². The molecule has 0 radical (unpaired) electrons. The van der Waals surface area contributed by atoms with Crippen LogP contribution in [0.5, 0.6) is 0 Å². The first-order chi connectivity index (χ1) is 10.0. The van der Waals surface area contributed by atoms with Crippen LogP contribution in [0.1, 0.15) is 15.9 Å². The number of hydrogen-bond acceptors (Lipinski definition) is 6. The SMILES string of the molecule is Cc1ccc(NC(=O)c2ccncc2NN)cc1[N+](=O)[O-]. The number of benzene rings is 1. The van der Waals surface area contributed by atoms with Gasteiger partial charge in [0.15, 0.2) is 0 Å². The zero-order valence-corrected chi connectivity index (χ0v) is 11.2. The summed E-state index contributed by atoms with van der Waals surface area (Å²) >= 11 is 0. The topological polar surface area (TPSA) is 123 Å². The van der Waals surface area contributed by atoms with Gasteiger partial charge in [-0.25, -0.2) is 0 Å². The normalized spacial score (nSPS) is 10.0. The summed E-state index contributed by atoms with van der Waals surface area (Å²) in [5, 5.41) is 13.5. The number of nitrogens with two attached hydrogens (primary N) is 1. The molecule has 0 spiro atoms. The molecular weight excluding hydrogens is 274 g/mol. The number of pyridine rings is 1. The van der Waals surface area contributed by atoms with Gasteiger partial charge < -0.3 is 10.7 Å². The second-order valence-electron chi connectivity index (χ2n) is 4.28. The van der Waals surface area contributed by atoms with E-state index in [0.717, 1.165) is 0 Å². The maximum atomic E-state index is 12.2. The van der Waals surface area contributed by atoms with Gasteiger partial charge in [0.1, 0.15) is 0 Å². The first-order valence-electron chi connectivity index (χ1n) is 6.00. The van der Waals surface area contributed by atoms with Gasteiger partial charge in [-0.1, -0.05) is 6.07 Å². The molecule has 2 rings (SSSR count). The van der Waals surface area contributed by atoms with E-state index in [-0.39, 0.29) is 11.3 Å². The molecule has 1 heterocycles. The molecule has 0 aliphatic rings. The molecule has 0 unspecified atom stereocenters. The van der Waals surface area contributed by atoms with Crippen LogP contribution in [-0.2, 0) is 0 Å². The number of carbonyl (C=O) groups excluding carboxylic acids is 1. The van der Waals surface area contributed by atoms with Gasteiger partial charge in [-0.05, 0) is 19.1 Å². The van der Waals surface area contributed by atoms with E-state index in [1.807, 2.05) is 0 Å². The Hall–Kier alpha value is -3.00. The quantitative estimate of drug-likeness (QED) is 0.448. The largest absolute Gasteiger partial charge is 0.322 e. The Bertz CT molecular complexity index is 702. The van der Waals surface area contributed by atoms with Crippen molar-refractivity contribution in [2.75, 3.05) is 10.7 Å². The van der Waals surface area contributed by atoms with Crippen LogP contribution in [-0.4, -0.2) is 15.8 Å². The first-order valence-corrected chi connectivity index (χ1v) is 6.00. The molecule has 108 valence electrons. The van der Waals surface area contributed by atoms with Gasteiger partial charge in [-0.3, -0.25) is 25.7 Å². The molecule has 0 bridgehead atoms. The summed E-state index contributed by atoms with van der Waals surface area (Å²) < 4.78 is 0. The van der Waals surface area contributed by atoms with Gasteiger partial charge in [0.05, 0.1) is 22.4 Å². The van der Waals surface area contributed by atoms with E-state index >= 15 is 0 Å². The fraction of sp³-hybridized carbons (Fsp3) is 0.0769. The molecule has 0 saturated carbocycles. The molecule has 4 N–H and O–H groups in total. The number of nitrogens with zero attached hydrogens (tertiary/aromatic N) is 2. The van der Waals surface area contributed by atoms with Crippen LogP contribution in [0.25, 0.3) is 0 Å². The molecule has 8 nitrogen and oxygen atoms in total. The summed E-state index contributed by atoms with van der Waals surface area (Å²) in [6.07, 6.45) is 2.86. The van der Waals surface area contributed by atoms with Gasteiger partial charge in [-0.2, -0.15) is 0 Å². The van der Waals surface area contributed by atoms with Crippen molar-refractivity contribution in [3.63, 3.8) is 0 Å². The van der Waals surface area contributed by atoms with Crippen LogP contribution in [0.3, 0.4) is 0 Å². The van der Waals surface area contributed by atoms with Gasteiger partial charge in [0.25, 0.3) is 11.6 Å². The predicted molar refractivity (Wildman–Crippen MR) is 77.8 cm³/mol. The van der Waals surface area contributed by atoms with E-state index in [0.29, 0.717) is 16.9 Å². The molecule has 0 aliphatic carbocycles. The lowest BCUT2D eigenvalue weighted by Crippen LogP contribution is -2.17. The highest BCUT2D eigenvalue weighted by Gasteiger charge is 2.15. The van der Waals surface area contributed by atoms with Crippen molar-refractivity contribution in [1.29, 1.82) is 0 Å². The molecule has 0 atom stereocenters.